The highest BCUT2D eigenvalue weighted by molar-refractivity contribution is 5.72. The fraction of sp³-hybridized carbons (Fsp3) is 0.167. The number of hydroxylamine groups is 2. The summed E-state index contributed by atoms with van der Waals surface area (Å²) in [6.45, 7) is 0. The van der Waals surface area contributed by atoms with Gasteiger partial charge in [0.2, 0.25) is 0 Å². The van der Waals surface area contributed by atoms with Gasteiger partial charge in [-0.15, -0.1) is 0 Å². The number of hydrogen-bond acceptors (Lipinski definition) is 3. The van der Waals surface area contributed by atoms with Crippen LogP contribution in [0.2, 0.25) is 0 Å². The molecule has 0 saturated heterocycles. The molecule has 0 spiro atoms. The summed E-state index contributed by atoms with van der Waals surface area (Å²) >= 11 is 0. The minimum absolute atomic E-state index is 0.350. The quantitative estimate of drug-likeness (QED) is 0.666. The van der Waals surface area contributed by atoms with Crippen molar-refractivity contribution in [1.29, 1.82) is 0 Å². The smallest absolute Gasteiger partial charge is 0.339 e. The Kier molecular flexibility index (Phi) is 4.22. The first-order valence-electron chi connectivity index (χ1n) is 7.50. The van der Waals surface area contributed by atoms with Crippen molar-refractivity contribution in [3.63, 3.8) is 0 Å². The summed E-state index contributed by atoms with van der Waals surface area (Å²) in [5.41, 5.74) is 4.92. The van der Waals surface area contributed by atoms with Crippen LogP contribution in [-0.2, 0) is 5.54 Å². The van der Waals surface area contributed by atoms with Crippen LogP contribution in [0.4, 0.5) is 9.18 Å². The number of nitrogens with two attached hydrogens (primary N) is 1. The highest BCUT2D eigenvalue weighted by atomic mass is 19.1. The lowest BCUT2D eigenvalue weighted by Gasteiger charge is -2.34. The van der Waals surface area contributed by atoms with E-state index in [0.29, 0.717) is 29.4 Å². The number of primary amides is 1. The molecule has 24 heavy (non-hydrogen) atoms. The summed E-state index contributed by atoms with van der Waals surface area (Å²) < 4.78 is 18.7. The number of urea groups is 1. The molecule has 6 heteroatoms. The Morgan fingerprint density at radius 2 is 1.83 bits per heavy atom. The lowest BCUT2D eigenvalue weighted by Crippen LogP contribution is -2.47. The second-order valence-corrected chi connectivity index (χ2v) is 5.61. The van der Waals surface area contributed by atoms with Crippen molar-refractivity contribution in [3.8, 4) is 5.75 Å². The molecule has 1 aliphatic rings. The van der Waals surface area contributed by atoms with E-state index in [0.717, 1.165) is 5.56 Å². The van der Waals surface area contributed by atoms with Crippen molar-refractivity contribution in [3.05, 3.63) is 77.8 Å². The minimum atomic E-state index is -1.08. The zero-order valence-corrected chi connectivity index (χ0v) is 12.9. The molecule has 0 aromatic heterocycles. The molecule has 0 heterocycles. The van der Waals surface area contributed by atoms with Crippen LogP contribution in [0.15, 0.2) is 66.4 Å². The van der Waals surface area contributed by atoms with Gasteiger partial charge in [-0.25, -0.2) is 9.18 Å². The van der Waals surface area contributed by atoms with Crippen LogP contribution in [0.1, 0.15) is 18.4 Å². The number of nitrogens with zero attached hydrogens (tertiary/aromatic N) is 1. The zero-order valence-electron chi connectivity index (χ0n) is 12.9. The molecule has 1 unspecified atom stereocenters. The van der Waals surface area contributed by atoms with E-state index in [4.69, 9.17) is 10.5 Å². The van der Waals surface area contributed by atoms with E-state index in [2.05, 4.69) is 0 Å². The third-order valence-electron chi connectivity index (χ3n) is 4.08. The standard InChI is InChI=1S/C18H17FN2O3/c19-14-6-8-15(9-7-14)24-16-10-11-18(12-16,21(23)17(20)22)13-4-2-1-3-5-13/h1-9,12,23H,10-11H2,(H2,20,22). The molecule has 0 bridgehead atoms. The minimum Gasteiger partial charge on any atom is -0.462 e. The first-order valence-corrected chi connectivity index (χ1v) is 7.50. The molecule has 124 valence electrons. The average Bonchev–Trinajstić information content (AvgIpc) is 3.02. The van der Waals surface area contributed by atoms with Crippen LogP contribution in [0.25, 0.3) is 0 Å². The fourth-order valence-electron chi connectivity index (χ4n) is 2.90. The van der Waals surface area contributed by atoms with Crippen LogP contribution in [0, 0.1) is 5.82 Å². The van der Waals surface area contributed by atoms with E-state index in [9.17, 15) is 14.4 Å². The van der Waals surface area contributed by atoms with Gasteiger partial charge < -0.3 is 10.5 Å². The molecular formula is C18H17FN2O3. The van der Waals surface area contributed by atoms with Gasteiger partial charge in [0.05, 0.1) is 0 Å². The van der Waals surface area contributed by atoms with E-state index in [1.165, 1.54) is 24.3 Å². The number of carbonyl (C=O) groups excluding carboxylic acids is 1. The molecule has 3 rings (SSSR count). The molecule has 3 N–H and O–H groups in total. The van der Waals surface area contributed by atoms with Gasteiger partial charge in [0.1, 0.15) is 22.9 Å². The van der Waals surface area contributed by atoms with Gasteiger partial charge in [-0.2, -0.15) is 5.06 Å². The number of halogens is 1. The lowest BCUT2D eigenvalue weighted by molar-refractivity contribution is -0.109. The van der Waals surface area contributed by atoms with Crippen LogP contribution >= 0.6 is 0 Å². The van der Waals surface area contributed by atoms with E-state index in [1.807, 2.05) is 30.3 Å². The third kappa shape index (κ3) is 2.96. The second-order valence-electron chi connectivity index (χ2n) is 5.61. The van der Waals surface area contributed by atoms with Gasteiger partial charge in [-0.1, -0.05) is 30.3 Å². The summed E-state index contributed by atoms with van der Waals surface area (Å²) in [5, 5.41) is 10.8. The maximum atomic E-state index is 13.0. The van der Waals surface area contributed by atoms with Crippen molar-refractivity contribution in [2.24, 2.45) is 5.73 Å². The molecule has 1 atom stereocenters. The average molecular weight is 328 g/mol. The Hall–Kier alpha value is -2.86. The van der Waals surface area contributed by atoms with Crippen LogP contribution in [-0.4, -0.2) is 16.3 Å². The summed E-state index contributed by atoms with van der Waals surface area (Å²) in [4.78, 5) is 11.6. The number of benzene rings is 2. The maximum Gasteiger partial charge on any atom is 0.339 e. The predicted octanol–water partition coefficient (Wildman–Crippen LogP) is 3.55. The normalized spacial score (nSPS) is 19.7. The molecule has 0 radical (unpaired) electrons. The number of ether oxygens (including phenoxy) is 1. The van der Waals surface area contributed by atoms with Crippen LogP contribution in [0.5, 0.6) is 5.75 Å². The Balaban J connectivity index is 1.94. The largest absolute Gasteiger partial charge is 0.462 e. The first kappa shape index (κ1) is 16.0. The number of carbonyl (C=O) groups is 1. The van der Waals surface area contributed by atoms with Crippen molar-refractivity contribution < 1.29 is 19.1 Å². The van der Waals surface area contributed by atoms with Crippen molar-refractivity contribution in [1.82, 2.24) is 5.06 Å². The highest BCUT2D eigenvalue weighted by Crippen LogP contribution is 2.41. The molecule has 0 fully saturated rings. The molecule has 2 aromatic carbocycles. The van der Waals surface area contributed by atoms with Gasteiger partial charge in [0.15, 0.2) is 0 Å². The zero-order chi connectivity index (χ0) is 17.2. The van der Waals surface area contributed by atoms with Crippen molar-refractivity contribution in [2.45, 2.75) is 18.4 Å². The SMILES string of the molecule is NC(=O)N(O)C1(c2ccccc2)C=C(Oc2ccc(F)cc2)CC1. The van der Waals surface area contributed by atoms with Crippen LogP contribution in [0.3, 0.4) is 0 Å². The lowest BCUT2D eigenvalue weighted by atomic mass is 9.89. The molecule has 0 aliphatic heterocycles. The summed E-state index contributed by atoms with van der Waals surface area (Å²) in [5.74, 6) is 0.706. The molecule has 0 saturated carbocycles. The van der Waals surface area contributed by atoms with Gasteiger partial charge in [-0.3, -0.25) is 5.21 Å². The summed E-state index contributed by atoms with van der Waals surface area (Å²) in [7, 11) is 0. The monoisotopic (exact) mass is 328 g/mol. The Labute approximate surface area is 138 Å². The van der Waals surface area contributed by atoms with Gasteiger partial charge >= 0.3 is 6.03 Å². The third-order valence-corrected chi connectivity index (χ3v) is 4.08. The number of hydrogen-bond donors (Lipinski definition) is 2. The molecule has 5 nitrogen and oxygen atoms in total. The highest BCUT2D eigenvalue weighted by Gasteiger charge is 2.43. The van der Waals surface area contributed by atoms with Gasteiger partial charge in [0.25, 0.3) is 0 Å². The molecule has 2 aromatic rings. The Bertz CT molecular complexity index is 762. The first-order chi connectivity index (χ1) is 11.5. The van der Waals surface area contributed by atoms with E-state index >= 15 is 0 Å². The molecular weight excluding hydrogens is 311 g/mol. The summed E-state index contributed by atoms with van der Waals surface area (Å²) in [6.07, 6.45) is 2.60. The summed E-state index contributed by atoms with van der Waals surface area (Å²) in [6, 6.07) is 13.8. The fourth-order valence-corrected chi connectivity index (χ4v) is 2.90. The topological polar surface area (TPSA) is 75.8 Å². The number of allylic oxidation sites excluding steroid dienone is 1. The van der Waals surface area contributed by atoms with Crippen molar-refractivity contribution >= 4 is 6.03 Å². The van der Waals surface area contributed by atoms with E-state index in [1.54, 1.807) is 6.08 Å². The molecule has 1 aliphatic carbocycles. The molecule has 2 amide bonds. The number of amides is 2. The van der Waals surface area contributed by atoms with Crippen LogP contribution < -0.4 is 10.5 Å². The predicted molar refractivity (Wildman–Crippen MR) is 85.7 cm³/mol. The Morgan fingerprint density at radius 1 is 1.17 bits per heavy atom. The second kappa shape index (κ2) is 6.33. The van der Waals surface area contributed by atoms with E-state index < -0.39 is 11.6 Å². The Morgan fingerprint density at radius 3 is 2.46 bits per heavy atom. The van der Waals surface area contributed by atoms with E-state index in [-0.39, 0.29) is 5.82 Å². The number of rotatable bonds is 4. The van der Waals surface area contributed by atoms with Gasteiger partial charge in [-0.05, 0) is 42.3 Å². The van der Waals surface area contributed by atoms with Gasteiger partial charge in [0, 0.05) is 6.42 Å². The maximum absolute atomic E-state index is 13.0. The van der Waals surface area contributed by atoms with Crippen molar-refractivity contribution in [2.75, 3.05) is 0 Å².